The highest BCUT2D eigenvalue weighted by Crippen LogP contribution is 2.38. The maximum Gasteiger partial charge on any atom is 0.239 e. The van der Waals surface area contributed by atoms with Crippen LogP contribution in [0.1, 0.15) is 37.6 Å². The third-order valence-electron chi connectivity index (χ3n) is 5.74. The summed E-state index contributed by atoms with van der Waals surface area (Å²) in [5, 5.41) is 26.0. The van der Waals surface area contributed by atoms with Gasteiger partial charge in [0, 0.05) is 28.8 Å². The molecule has 2 aromatic heterocycles. The fourth-order valence-electron chi connectivity index (χ4n) is 3.95. The first-order valence-electron chi connectivity index (χ1n) is 11.7. The second kappa shape index (κ2) is 10.5. The number of hydrogen-bond acceptors (Lipinski definition) is 7. The van der Waals surface area contributed by atoms with Crippen molar-refractivity contribution in [3.63, 3.8) is 0 Å². The Balaban J connectivity index is 1.87. The number of nitrogens with zero attached hydrogens (tertiary/aromatic N) is 5. The van der Waals surface area contributed by atoms with E-state index in [0.29, 0.717) is 50.0 Å². The summed E-state index contributed by atoms with van der Waals surface area (Å²) in [5.41, 5.74) is 6.64. The Labute approximate surface area is 231 Å². The summed E-state index contributed by atoms with van der Waals surface area (Å²) in [6.07, 6.45) is 3.02. The quantitative estimate of drug-likeness (QED) is 0.278. The van der Waals surface area contributed by atoms with Crippen molar-refractivity contribution in [2.75, 3.05) is 17.2 Å². The van der Waals surface area contributed by atoms with E-state index >= 15 is 0 Å². The minimum absolute atomic E-state index is 0.0464. The van der Waals surface area contributed by atoms with Crippen LogP contribution in [0.25, 0.3) is 10.9 Å². The summed E-state index contributed by atoms with van der Waals surface area (Å²) in [5.74, 6) is -0.577. The molecular formula is C26H25BCl2N8O. The number of rotatable bonds is 8. The van der Waals surface area contributed by atoms with Crippen LogP contribution in [0, 0.1) is 16.7 Å². The van der Waals surface area contributed by atoms with Gasteiger partial charge in [-0.25, -0.2) is 4.68 Å². The molecule has 0 aliphatic carbocycles. The number of pyridine rings is 1. The number of nitrogens with one attached hydrogen (secondary N) is 2. The van der Waals surface area contributed by atoms with E-state index < -0.39 is 11.3 Å². The smallest absolute Gasteiger partial charge is 0.239 e. The minimum atomic E-state index is -1.48. The van der Waals surface area contributed by atoms with Crippen molar-refractivity contribution in [3.05, 3.63) is 75.7 Å². The van der Waals surface area contributed by atoms with Crippen molar-refractivity contribution in [1.82, 2.24) is 20.0 Å². The summed E-state index contributed by atoms with van der Waals surface area (Å²) >= 11 is 13.2. The summed E-state index contributed by atoms with van der Waals surface area (Å²) < 4.78 is 1.29. The molecule has 4 rings (SSSR count). The molecule has 0 saturated heterocycles. The van der Waals surface area contributed by atoms with E-state index in [1.165, 1.54) is 17.1 Å². The zero-order chi connectivity index (χ0) is 27.7. The third-order valence-corrected chi connectivity index (χ3v) is 6.36. The number of halogens is 2. The van der Waals surface area contributed by atoms with E-state index in [-0.39, 0.29) is 17.7 Å². The molecule has 2 aromatic carbocycles. The molecule has 0 bridgehead atoms. The third kappa shape index (κ3) is 5.69. The Morgan fingerprint density at radius 2 is 1.95 bits per heavy atom. The summed E-state index contributed by atoms with van der Waals surface area (Å²) in [6.45, 7) is 6.71. The van der Waals surface area contributed by atoms with Crippen molar-refractivity contribution < 1.29 is 4.79 Å². The van der Waals surface area contributed by atoms with Gasteiger partial charge in [0.15, 0.2) is 0 Å². The number of hydrogen-bond donors (Lipinski definition) is 3. The fourth-order valence-corrected chi connectivity index (χ4v) is 4.51. The normalized spacial score (nSPS) is 13.1. The Bertz CT molecular complexity index is 1560. The predicted octanol–water partition coefficient (Wildman–Crippen LogP) is 4.43. The van der Waals surface area contributed by atoms with Crippen LogP contribution in [0.2, 0.25) is 10.0 Å². The van der Waals surface area contributed by atoms with Gasteiger partial charge in [-0.2, -0.15) is 5.26 Å². The maximum atomic E-state index is 11.4. The van der Waals surface area contributed by atoms with E-state index in [1.54, 1.807) is 30.3 Å². The van der Waals surface area contributed by atoms with Crippen LogP contribution in [0.4, 0.5) is 11.4 Å². The van der Waals surface area contributed by atoms with E-state index in [2.05, 4.69) is 52.8 Å². The number of nitrogens with two attached hydrogens (primary N) is 1. The van der Waals surface area contributed by atoms with Crippen LogP contribution in [0.3, 0.4) is 0 Å². The molecule has 1 atom stereocenters. The molecule has 4 aromatic rings. The van der Waals surface area contributed by atoms with Crippen LogP contribution in [-0.4, -0.2) is 40.3 Å². The Morgan fingerprint density at radius 3 is 2.61 bits per heavy atom. The van der Waals surface area contributed by atoms with Crippen molar-refractivity contribution in [3.8, 4) is 6.07 Å². The molecule has 2 heterocycles. The molecule has 4 N–H and O–H groups in total. The molecule has 9 nitrogen and oxygen atoms in total. The van der Waals surface area contributed by atoms with Crippen LogP contribution >= 0.6 is 23.2 Å². The molecule has 1 amide bonds. The molecule has 0 saturated carbocycles. The first-order valence-corrected chi connectivity index (χ1v) is 12.4. The van der Waals surface area contributed by atoms with Crippen molar-refractivity contribution >= 4 is 59.2 Å². The number of nitriles is 1. The molecule has 192 valence electrons. The Kier molecular flexibility index (Phi) is 7.54. The highest BCUT2D eigenvalue weighted by Gasteiger charge is 2.34. The van der Waals surface area contributed by atoms with Crippen LogP contribution in [-0.2, 0) is 16.8 Å². The predicted molar refractivity (Wildman–Crippen MR) is 150 cm³/mol. The van der Waals surface area contributed by atoms with Gasteiger partial charge in [-0.1, -0.05) is 67.4 Å². The van der Waals surface area contributed by atoms with Crippen LogP contribution in [0.15, 0.2) is 48.8 Å². The number of fused-ring (bicyclic) bond motifs is 1. The van der Waals surface area contributed by atoms with E-state index in [9.17, 15) is 10.1 Å². The Hall–Kier alpha value is -3.81. The molecule has 2 radical (unpaired) electrons. The van der Waals surface area contributed by atoms with Gasteiger partial charge in [-0.05, 0) is 29.2 Å². The molecule has 0 aliphatic heterocycles. The number of benzene rings is 2. The molecule has 12 heteroatoms. The average molecular weight is 547 g/mol. The summed E-state index contributed by atoms with van der Waals surface area (Å²) in [4.78, 5) is 15.8. The molecule has 1 unspecified atom stereocenters. The number of carbonyl (C=O) groups excluding carboxylic acids is 1. The number of aromatic nitrogens is 4. The van der Waals surface area contributed by atoms with Crippen molar-refractivity contribution in [2.45, 2.75) is 32.8 Å². The van der Waals surface area contributed by atoms with Crippen molar-refractivity contribution in [2.24, 2.45) is 11.1 Å². The highest BCUT2D eigenvalue weighted by atomic mass is 35.5. The average Bonchev–Trinajstić information content (AvgIpc) is 3.30. The van der Waals surface area contributed by atoms with Gasteiger partial charge in [0.25, 0.3) is 0 Å². The lowest BCUT2D eigenvalue weighted by atomic mass is 9.69. The molecule has 0 aliphatic rings. The van der Waals surface area contributed by atoms with Gasteiger partial charge < -0.3 is 16.4 Å². The monoisotopic (exact) mass is 546 g/mol. The van der Waals surface area contributed by atoms with Crippen LogP contribution in [0.5, 0.6) is 0 Å². The van der Waals surface area contributed by atoms with Crippen LogP contribution < -0.4 is 16.4 Å². The largest absolute Gasteiger partial charge is 0.383 e. The standard InChI is InChI=1S/C26H25BCl2N8O/c1-25(2,3)14-33-23-15(10-30)11-32-24-17(23)8-16(9-20(24)29)34-26(27,18-6-4-5-7-19(18)28)21-12-37(36-35-21)13-22(31)38/h4-9,11-12,34H,13-14H2,1-3H3,(H2,31,38)(H,32,33). The summed E-state index contributed by atoms with van der Waals surface area (Å²) in [7, 11) is 6.97. The van der Waals surface area contributed by atoms with E-state index in [4.69, 9.17) is 36.8 Å². The maximum absolute atomic E-state index is 11.4. The number of carbonyl (C=O) groups is 1. The van der Waals surface area contributed by atoms with E-state index in [1.807, 2.05) is 6.07 Å². The lowest BCUT2D eigenvalue weighted by Crippen LogP contribution is -2.38. The number of anilines is 2. The second-order valence-corrected chi connectivity index (χ2v) is 10.9. The zero-order valence-corrected chi connectivity index (χ0v) is 22.6. The number of primary amides is 1. The molecule has 0 fully saturated rings. The van der Waals surface area contributed by atoms with Gasteiger partial charge >= 0.3 is 0 Å². The minimum Gasteiger partial charge on any atom is -0.383 e. The molecular weight excluding hydrogens is 522 g/mol. The first-order chi connectivity index (χ1) is 17.9. The van der Waals surface area contributed by atoms with Gasteiger partial charge in [-0.3, -0.25) is 9.78 Å². The molecule has 0 spiro atoms. The lowest BCUT2D eigenvalue weighted by Gasteiger charge is -2.32. The first kappa shape index (κ1) is 27.2. The van der Waals surface area contributed by atoms with Gasteiger partial charge in [0.2, 0.25) is 5.91 Å². The Morgan fingerprint density at radius 1 is 1.21 bits per heavy atom. The highest BCUT2D eigenvalue weighted by molar-refractivity contribution is 6.36. The van der Waals surface area contributed by atoms with Gasteiger partial charge in [0.1, 0.15) is 26.2 Å². The summed E-state index contributed by atoms with van der Waals surface area (Å²) in [6, 6.07) is 12.7. The lowest BCUT2D eigenvalue weighted by molar-refractivity contribution is -0.118. The molecule has 38 heavy (non-hydrogen) atoms. The fraction of sp³-hybridized carbons (Fsp3) is 0.269. The number of amides is 1. The van der Waals surface area contributed by atoms with Gasteiger partial charge in [0.05, 0.1) is 33.4 Å². The zero-order valence-electron chi connectivity index (χ0n) is 21.1. The van der Waals surface area contributed by atoms with Crippen molar-refractivity contribution in [1.29, 1.82) is 5.26 Å². The van der Waals surface area contributed by atoms with Gasteiger partial charge in [-0.15, -0.1) is 5.10 Å². The second-order valence-electron chi connectivity index (χ2n) is 10.1. The topological polar surface area (TPSA) is 135 Å². The SMILES string of the molecule is [B]C(Nc1cc(Cl)c2ncc(C#N)c(NCC(C)(C)C)c2c1)(c1cn(CC(N)=O)nn1)c1ccccc1Cl. The van der Waals surface area contributed by atoms with E-state index in [0.717, 1.165) is 0 Å².